The lowest BCUT2D eigenvalue weighted by Crippen LogP contribution is -2.40. The fraction of sp³-hybridized carbons (Fsp3) is 0.235. The number of rotatable bonds is 3. The Balaban J connectivity index is 1.76. The molecule has 7 heteroatoms. The summed E-state index contributed by atoms with van der Waals surface area (Å²) in [5.41, 5.74) is 1.08. The lowest BCUT2D eigenvalue weighted by molar-refractivity contribution is 0.0303. The van der Waals surface area contributed by atoms with E-state index in [9.17, 15) is 9.59 Å². The summed E-state index contributed by atoms with van der Waals surface area (Å²) in [6.45, 7) is 2.14. The third kappa shape index (κ3) is 3.72. The van der Waals surface area contributed by atoms with Crippen LogP contribution in [0.5, 0.6) is 0 Å². The van der Waals surface area contributed by atoms with Crippen molar-refractivity contribution < 1.29 is 14.3 Å². The molecule has 24 heavy (non-hydrogen) atoms. The fourth-order valence-corrected chi connectivity index (χ4v) is 2.57. The minimum absolute atomic E-state index is 0.132. The number of hydrogen-bond acceptors (Lipinski definition) is 4. The van der Waals surface area contributed by atoms with Crippen molar-refractivity contribution in [1.82, 2.24) is 9.88 Å². The van der Waals surface area contributed by atoms with E-state index >= 15 is 0 Å². The molecule has 1 aromatic carbocycles. The van der Waals surface area contributed by atoms with Crippen LogP contribution < -0.4 is 5.32 Å². The van der Waals surface area contributed by atoms with Gasteiger partial charge in [0.1, 0.15) is 5.69 Å². The molecule has 2 aromatic rings. The molecule has 1 saturated heterocycles. The van der Waals surface area contributed by atoms with Crippen LogP contribution in [0, 0.1) is 0 Å². The summed E-state index contributed by atoms with van der Waals surface area (Å²) in [5.74, 6) is -0.549. The number of anilines is 1. The van der Waals surface area contributed by atoms with E-state index in [0.29, 0.717) is 42.6 Å². The van der Waals surface area contributed by atoms with E-state index in [4.69, 9.17) is 16.3 Å². The van der Waals surface area contributed by atoms with Crippen LogP contribution >= 0.6 is 11.6 Å². The lowest BCUT2D eigenvalue weighted by Gasteiger charge is -2.26. The fourth-order valence-electron chi connectivity index (χ4n) is 2.39. The first-order valence-electron chi connectivity index (χ1n) is 7.54. The first-order chi connectivity index (χ1) is 11.6. The van der Waals surface area contributed by atoms with Crippen LogP contribution in [0.15, 0.2) is 42.6 Å². The molecule has 2 heterocycles. The van der Waals surface area contributed by atoms with Gasteiger partial charge in [-0.2, -0.15) is 0 Å². The van der Waals surface area contributed by atoms with E-state index in [1.165, 1.54) is 12.3 Å². The number of ether oxygens (including phenoxy) is 1. The Kier molecular flexibility index (Phi) is 5.08. The number of carbonyl (C=O) groups excluding carboxylic acids is 2. The van der Waals surface area contributed by atoms with Gasteiger partial charge in [-0.15, -0.1) is 0 Å². The van der Waals surface area contributed by atoms with Gasteiger partial charge in [0.2, 0.25) is 0 Å². The zero-order valence-electron chi connectivity index (χ0n) is 12.9. The number of hydrogen-bond donors (Lipinski definition) is 1. The third-order valence-corrected chi connectivity index (χ3v) is 3.99. The molecular weight excluding hydrogens is 330 g/mol. The summed E-state index contributed by atoms with van der Waals surface area (Å²) in [5, 5.41) is 3.13. The summed E-state index contributed by atoms with van der Waals surface area (Å²) in [6, 6.07) is 10.0. The van der Waals surface area contributed by atoms with Crippen molar-refractivity contribution in [2.24, 2.45) is 0 Å². The molecule has 1 aromatic heterocycles. The average Bonchev–Trinajstić information content (AvgIpc) is 2.64. The Morgan fingerprint density at radius 2 is 1.92 bits per heavy atom. The highest BCUT2D eigenvalue weighted by atomic mass is 35.5. The van der Waals surface area contributed by atoms with E-state index in [1.54, 1.807) is 35.2 Å². The number of halogens is 1. The van der Waals surface area contributed by atoms with Crippen LogP contribution in [0.4, 0.5) is 5.69 Å². The predicted molar refractivity (Wildman–Crippen MR) is 90.4 cm³/mol. The molecule has 124 valence electrons. The van der Waals surface area contributed by atoms with Crippen molar-refractivity contribution in [1.29, 1.82) is 0 Å². The van der Waals surface area contributed by atoms with Crippen LogP contribution in [-0.4, -0.2) is 48.0 Å². The number of para-hydroxylation sites is 1. The SMILES string of the molecule is O=C(Nc1ccccc1Cl)c1cc(C(=O)N2CCOCC2)ccn1. The molecule has 0 atom stereocenters. The van der Waals surface area contributed by atoms with E-state index < -0.39 is 5.91 Å². The minimum atomic E-state index is -0.417. The molecule has 1 N–H and O–H groups in total. The first kappa shape index (κ1) is 16.4. The summed E-state index contributed by atoms with van der Waals surface area (Å²) >= 11 is 6.03. The first-order valence-corrected chi connectivity index (χ1v) is 7.92. The number of aromatic nitrogens is 1. The van der Waals surface area contributed by atoms with Gasteiger partial charge in [0.25, 0.3) is 11.8 Å². The van der Waals surface area contributed by atoms with Crippen LogP contribution in [0.25, 0.3) is 0 Å². The number of nitrogens with one attached hydrogen (secondary N) is 1. The van der Waals surface area contributed by atoms with Crippen molar-refractivity contribution in [3.8, 4) is 0 Å². The van der Waals surface area contributed by atoms with E-state index in [-0.39, 0.29) is 11.6 Å². The second kappa shape index (κ2) is 7.42. The maximum atomic E-state index is 12.5. The lowest BCUT2D eigenvalue weighted by atomic mass is 10.2. The number of carbonyl (C=O) groups is 2. The molecule has 1 fully saturated rings. The van der Waals surface area contributed by atoms with Crippen molar-refractivity contribution in [3.63, 3.8) is 0 Å². The second-order valence-corrected chi connectivity index (χ2v) is 5.68. The highest BCUT2D eigenvalue weighted by Gasteiger charge is 2.20. The maximum Gasteiger partial charge on any atom is 0.274 e. The van der Waals surface area contributed by atoms with Gasteiger partial charge in [-0.1, -0.05) is 23.7 Å². The standard InChI is InChI=1S/C17H16ClN3O3/c18-13-3-1-2-4-14(13)20-16(22)15-11-12(5-6-19-15)17(23)21-7-9-24-10-8-21/h1-6,11H,7-10H2,(H,20,22). The molecule has 1 aliphatic heterocycles. The smallest absolute Gasteiger partial charge is 0.274 e. The number of morpholine rings is 1. The molecule has 0 radical (unpaired) electrons. The molecule has 0 aliphatic carbocycles. The number of nitrogens with zero attached hydrogens (tertiary/aromatic N) is 2. The molecule has 0 bridgehead atoms. The molecule has 0 spiro atoms. The number of pyridine rings is 1. The summed E-state index contributed by atoms with van der Waals surface area (Å²) in [7, 11) is 0. The highest BCUT2D eigenvalue weighted by molar-refractivity contribution is 6.33. The van der Waals surface area contributed by atoms with Gasteiger partial charge in [0.15, 0.2) is 0 Å². The van der Waals surface area contributed by atoms with E-state index in [1.807, 2.05) is 0 Å². The quantitative estimate of drug-likeness (QED) is 0.927. The minimum Gasteiger partial charge on any atom is -0.378 e. The van der Waals surface area contributed by atoms with Crippen LogP contribution in [0.3, 0.4) is 0 Å². The van der Waals surface area contributed by atoms with Gasteiger partial charge in [-0.3, -0.25) is 14.6 Å². The molecule has 6 nitrogen and oxygen atoms in total. The van der Waals surface area contributed by atoms with Crippen molar-refractivity contribution in [3.05, 3.63) is 58.9 Å². The Hall–Kier alpha value is -2.44. The van der Waals surface area contributed by atoms with Gasteiger partial charge in [0, 0.05) is 24.8 Å². The van der Waals surface area contributed by atoms with Gasteiger partial charge >= 0.3 is 0 Å². The van der Waals surface area contributed by atoms with Gasteiger partial charge in [0.05, 0.1) is 23.9 Å². The molecule has 1 aliphatic rings. The number of amides is 2. The van der Waals surface area contributed by atoms with E-state index in [0.717, 1.165) is 0 Å². The summed E-state index contributed by atoms with van der Waals surface area (Å²) in [6.07, 6.45) is 1.45. The van der Waals surface area contributed by atoms with Crippen LogP contribution in [-0.2, 0) is 4.74 Å². The number of benzene rings is 1. The van der Waals surface area contributed by atoms with Gasteiger partial charge in [-0.05, 0) is 24.3 Å². The summed E-state index contributed by atoms with van der Waals surface area (Å²) in [4.78, 5) is 30.6. The Morgan fingerprint density at radius 3 is 2.67 bits per heavy atom. The molecule has 0 saturated carbocycles. The maximum absolute atomic E-state index is 12.5. The normalized spacial score (nSPS) is 14.3. The molecular formula is C17H16ClN3O3. The van der Waals surface area contributed by atoms with Gasteiger partial charge < -0.3 is 15.0 Å². The largest absolute Gasteiger partial charge is 0.378 e. The molecule has 2 amide bonds. The second-order valence-electron chi connectivity index (χ2n) is 5.27. The average molecular weight is 346 g/mol. The van der Waals surface area contributed by atoms with Crippen LogP contribution in [0.2, 0.25) is 5.02 Å². The van der Waals surface area contributed by atoms with Crippen LogP contribution in [0.1, 0.15) is 20.8 Å². The Morgan fingerprint density at radius 1 is 1.17 bits per heavy atom. The van der Waals surface area contributed by atoms with Crippen molar-refractivity contribution >= 4 is 29.1 Å². The van der Waals surface area contributed by atoms with Crippen molar-refractivity contribution in [2.45, 2.75) is 0 Å². The van der Waals surface area contributed by atoms with E-state index in [2.05, 4.69) is 10.3 Å². The predicted octanol–water partition coefficient (Wildman–Crippen LogP) is 2.46. The topological polar surface area (TPSA) is 71.5 Å². The zero-order chi connectivity index (χ0) is 16.9. The third-order valence-electron chi connectivity index (χ3n) is 3.66. The molecule has 0 unspecified atom stereocenters. The summed E-state index contributed by atoms with van der Waals surface area (Å²) < 4.78 is 5.24. The highest BCUT2D eigenvalue weighted by Crippen LogP contribution is 2.21. The molecule has 3 rings (SSSR count). The zero-order valence-corrected chi connectivity index (χ0v) is 13.6. The van der Waals surface area contributed by atoms with Crippen molar-refractivity contribution in [2.75, 3.05) is 31.6 Å². The Bertz CT molecular complexity index is 760. The Labute approximate surface area is 144 Å². The monoisotopic (exact) mass is 345 g/mol. The van der Waals surface area contributed by atoms with Gasteiger partial charge in [-0.25, -0.2) is 0 Å².